The van der Waals surface area contributed by atoms with Gasteiger partial charge in [0.05, 0.1) is 6.10 Å². The number of benzene rings is 1. The monoisotopic (exact) mass is 449 g/mol. The Morgan fingerprint density at radius 2 is 2.03 bits per heavy atom. The van der Waals surface area contributed by atoms with Gasteiger partial charge in [0.2, 0.25) is 10.0 Å². The summed E-state index contributed by atoms with van der Waals surface area (Å²) in [6.07, 6.45) is 5.03. The first-order chi connectivity index (χ1) is 14.9. The summed E-state index contributed by atoms with van der Waals surface area (Å²) >= 11 is 0. The number of carbonyl (C=O) groups is 1. The molecule has 168 valence electrons. The van der Waals surface area contributed by atoms with Gasteiger partial charge in [-0.25, -0.2) is 12.8 Å². The van der Waals surface area contributed by atoms with Gasteiger partial charge in [-0.2, -0.15) is 4.31 Å². The summed E-state index contributed by atoms with van der Waals surface area (Å²) in [6.45, 7) is 5.11. The minimum atomic E-state index is -4.04. The van der Waals surface area contributed by atoms with Crippen LogP contribution in [0.25, 0.3) is 0 Å². The first-order valence-electron chi connectivity index (χ1n) is 10.5. The van der Waals surface area contributed by atoms with Crippen molar-refractivity contribution in [2.75, 3.05) is 26.2 Å². The van der Waals surface area contributed by atoms with Gasteiger partial charge in [-0.1, -0.05) is 19.9 Å². The summed E-state index contributed by atoms with van der Waals surface area (Å²) in [5.41, 5.74) is 0.959. The zero-order valence-corrected chi connectivity index (χ0v) is 18.6. The molecule has 2 heterocycles. The van der Waals surface area contributed by atoms with Crippen LogP contribution in [-0.2, 0) is 21.3 Å². The molecule has 1 aliphatic heterocycles. The van der Waals surface area contributed by atoms with Crippen molar-refractivity contribution in [3.63, 3.8) is 0 Å². The highest BCUT2D eigenvalue weighted by molar-refractivity contribution is 7.89. The third kappa shape index (κ3) is 5.47. The maximum atomic E-state index is 14.5. The Labute approximate surface area is 182 Å². The summed E-state index contributed by atoms with van der Waals surface area (Å²) < 4.78 is 47.1. The Bertz CT molecular complexity index is 991. The van der Waals surface area contributed by atoms with Gasteiger partial charge in [-0.15, -0.1) is 0 Å². The molecule has 0 radical (unpaired) electrons. The Hall–Kier alpha value is -2.36. The van der Waals surface area contributed by atoms with E-state index in [0.717, 1.165) is 30.5 Å². The minimum absolute atomic E-state index is 0.0834. The fraction of sp³-hybridized carbons (Fsp3) is 0.455. The number of sulfonamides is 1. The molecule has 0 N–H and O–H groups in total. The molecule has 0 bridgehead atoms. The quantitative estimate of drug-likeness (QED) is 0.588. The van der Waals surface area contributed by atoms with E-state index in [1.165, 1.54) is 10.4 Å². The average molecular weight is 450 g/mol. The van der Waals surface area contributed by atoms with Crippen molar-refractivity contribution < 1.29 is 22.3 Å². The number of hydrogen-bond donors (Lipinski definition) is 0. The Morgan fingerprint density at radius 1 is 1.26 bits per heavy atom. The van der Waals surface area contributed by atoms with Crippen molar-refractivity contribution in [3.8, 4) is 0 Å². The van der Waals surface area contributed by atoms with Gasteiger partial charge < -0.3 is 9.64 Å². The number of ether oxygens (including phenoxy) is 1. The number of rotatable bonds is 9. The van der Waals surface area contributed by atoms with Crippen LogP contribution in [0.4, 0.5) is 4.39 Å². The van der Waals surface area contributed by atoms with E-state index in [1.54, 1.807) is 37.2 Å². The number of amides is 1. The molecule has 1 fully saturated rings. The highest BCUT2D eigenvalue weighted by Crippen LogP contribution is 2.23. The highest BCUT2D eigenvalue weighted by atomic mass is 32.2. The van der Waals surface area contributed by atoms with E-state index >= 15 is 0 Å². The van der Waals surface area contributed by atoms with Gasteiger partial charge in [0.15, 0.2) is 0 Å². The van der Waals surface area contributed by atoms with Crippen LogP contribution in [0.15, 0.2) is 47.6 Å². The SMILES string of the molecule is CCN(CC)S(=O)(=O)c1cc(C(=O)N(Cc2cccnc2)CC2CCCO2)ccc1F. The summed E-state index contributed by atoms with van der Waals surface area (Å²) in [4.78, 5) is 18.6. The lowest BCUT2D eigenvalue weighted by Crippen LogP contribution is -2.37. The van der Waals surface area contributed by atoms with Gasteiger partial charge in [-0.05, 0) is 42.7 Å². The topological polar surface area (TPSA) is 79.8 Å². The third-order valence-electron chi connectivity index (χ3n) is 5.33. The molecule has 0 aliphatic carbocycles. The summed E-state index contributed by atoms with van der Waals surface area (Å²) in [6, 6.07) is 7.15. The molecule has 0 saturated carbocycles. The van der Waals surface area contributed by atoms with Crippen LogP contribution < -0.4 is 0 Å². The predicted octanol–water partition coefficient (Wildman–Crippen LogP) is 3.07. The number of halogens is 1. The zero-order valence-electron chi connectivity index (χ0n) is 17.8. The maximum absolute atomic E-state index is 14.5. The number of pyridine rings is 1. The second-order valence-electron chi connectivity index (χ2n) is 7.42. The zero-order chi connectivity index (χ0) is 22.4. The molecule has 1 amide bonds. The van der Waals surface area contributed by atoms with Gasteiger partial charge in [-0.3, -0.25) is 9.78 Å². The van der Waals surface area contributed by atoms with Gasteiger partial charge in [0.1, 0.15) is 10.7 Å². The lowest BCUT2D eigenvalue weighted by Gasteiger charge is -2.26. The van der Waals surface area contributed by atoms with Crippen LogP contribution in [0, 0.1) is 5.82 Å². The maximum Gasteiger partial charge on any atom is 0.254 e. The standard InChI is InChI=1S/C22H28FN3O4S/c1-3-26(4-2)31(28,29)21-13-18(9-10-20(21)23)22(27)25(16-19-8-6-12-30-19)15-17-7-5-11-24-14-17/h5,7,9-11,13-14,19H,3-4,6,8,12,15-16H2,1-2H3. The molecule has 1 aromatic carbocycles. The Morgan fingerprint density at radius 3 is 2.65 bits per heavy atom. The highest BCUT2D eigenvalue weighted by Gasteiger charge is 2.29. The lowest BCUT2D eigenvalue weighted by atomic mass is 10.1. The molecular formula is C22H28FN3O4S. The van der Waals surface area contributed by atoms with Gasteiger partial charge in [0, 0.05) is 50.7 Å². The van der Waals surface area contributed by atoms with Crippen LogP contribution in [-0.4, -0.2) is 60.9 Å². The van der Waals surface area contributed by atoms with Crippen LogP contribution in [0.2, 0.25) is 0 Å². The molecule has 2 aromatic rings. The molecule has 3 rings (SSSR count). The van der Waals surface area contributed by atoms with Crippen molar-refractivity contribution in [1.29, 1.82) is 0 Å². The Kier molecular flexibility index (Phi) is 7.74. The summed E-state index contributed by atoms with van der Waals surface area (Å²) in [5.74, 6) is -1.25. The largest absolute Gasteiger partial charge is 0.376 e. The first kappa shape index (κ1) is 23.3. The summed E-state index contributed by atoms with van der Waals surface area (Å²) in [5, 5.41) is 0. The minimum Gasteiger partial charge on any atom is -0.376 e. The van der Waals surface area contributed by atoms with Gasteiger partial charge >= 0.3 is 0 Å². The second-order valence-corrected chi connectivity index (χ2v) is 9.32. The van der Waals surface area contributed by atoms with Crippen molar-refractivity contribution in [3.05, 3.63) is 59.7 Å². The third-order valence-corrected chi connectivity index (χ3v) is 7.40. The van der Waals surface area contributed by atoms with Gasteiger partial charge in [0.25, 0.3) is 5.91 Å². The van der Waals surface area contributed by atoms with E-state index < -0.39 is 20.7 Å². The number of aromatic nitrogens is 1. The number of carbonyl (C=O) groups excluding carboxylic acids is 1. The van der Waals surface area contributed by atoms with Crippen molar-refractivity contribution >= 4 is 15.9 Å². The molecule has 1 saturated heterocycles. The fourth-order valence-electron chi connectivity index (χ4n) is 3.68. The number of nitrogens with zero attached hydrogens (tertiary/aromatic N) is 3. The molecule has 7 nitrogen and oxygen atoms in total. The molecule has 1 aliphatic rings. The van der Waals surface area contributed by atoms with Crippen LogP contribution in [0.3, 0.4) is 0 Å². The van der Waals surface area contributed by atoms with E-state index in [9.17, 15) is 17.6 Å². The first-order valence-corrected chi connectivity index (χ1v) is 11.9. The molecule has 1 unspecified atom stereocenters. The summed E-state index contributed by atoms with van der Waals surface area (Å²) in [7, 11) is -4.04. The van der Waals surface area contributed by atoms with Crippen molar-refractivity contribution in [2.45, 2.75) is 44.2 Å². The van der Waals surface area contributed by atoms with Crippen LogP contribution >= 0.6 is 0 Å². The molecule has 9 heteroatoms. The Balaban J connectivity index is 1.93. The molecule has 0 spiro atoms. The predicted molar refractivity (Wildman–Crippen MR) is 114 cm³/mol. The molecule has 1 atom stereocenters. The van der Waals surface area contributed by atoms with E-state index in [2.05, 4.69) is 4.98 Å². The van der Waals surface area contributed by atoms with Crippen molar-refractivity contribution in [1.82, 2.24) is 14.2 Å². The van der Waals surface area contributed by atoms with E-state index in [4.69, 9.17) is 4.74 Å². The molecule has 31 heavy (non-hydrogen) atoms. The molecular weight excluding hydrogens is 421 g/mol. The van der Waals surface area contributed by atoms with E-state index in [-0.39, 0.29) is 30.7 Å². The lowest BCUT2D eigenvalue weighted by molar-refractivity contribution is 0.0507. The second kappa shape index (κ2) is 10.3. The molecule has 1 aromatic heterocycles. The smallest absolute Gasteiger partial charge is 0.254 e. The van der Waals surface area contributed by atoms with Crippen molar-refractivity contribution in [2.24, 2.45) is 0 Å². The normalized spacial score (nSPS) is 16.6. The van der Waals surface area contributed by atoms with E-state index in [0.29, 0.717) is 19.7 Å². The number of hydrogen-bond acceptors (Lipinski definition) is 5. The van der Waals surface area contributed by atoms with Crippen LogP contribution in [0.1, 0.15) is 42.6 Å². The fourth-order valence-corrected chi connectivity index (χ4v) is 5.23. The average Bonchev–Trinajstić information content (AvgIpc) is 3.27. The van der Waals surface area contributed by atoms with E-state index in [1.807, 2.05) is 6.07 Å². The van der Waals surface area contributed by atoms with Crippen LogP contribution in [0.5, 0.6) is 0 Å².